The van der Waals surface area contributed by atoms with E-state index < -0.39 is 11.6 Å². The standard InChI is InChI=1S/C15H22N4O3/c1-11-6-3-4-7-15(11)13(21)19(14(22)17-15)10-12(20)18(2)9-5-8-16/h11H,3-7,9-10H2,1-2H3,(H,17,22). The minimum Gasteiger partial charge on any atom is -0.343 e. The van der Waals surface area contributed by atoms with E-state index in [9.17, 15) is 14.4 Å². The summed E-state index contributed by atoms with van der Waals surface area (Å²) in [5, 5.41) is 11.4. The zero-order chi connectivity index (χ0) is 16.3. The fourth-order valence-corrected chi connectivity index (χ4v) is 3.24. The van der Waals surface area contributed by atoms with Gasteiger partial charge in [-0.3, -0.25) is 14.5 Å². The molecule has 0 bridgehead atoms. The monoisotopic (exact) mass is 306 g/mol. The molecule has 0 aromatic rings. The highest BCUT2D eigenvalue weighted by atomic mass is 16.2. The summed E-state index contributed by atoms with van der Waals surface area (Å²) < 4.78 is 0. The van der Waals surface area contributed by atoms with Gasteiger partial charge in [0.25, 0.3) is 5.91 Å². The van der Waals surface area contributed by atoms with E-state index in [4.69, 9.17) is 5.26 Å². The van der Waals surface area contributed by atoms with Crippen LogP contribution in [0.3, 0.4) is 0 Å². The Morgan fingerprint density at radius 1 is 1.50 bits per heavy atom. The first-order chi connectivity index (χ1) is 10.4. The van der Waals surface area contributed by atoms with E-state index in [2.05, 4.69) is 5.32 Å². The molecule has 22 heavy (non-hydrogen) atoms. The van der Waals surface area contributed by atoms with E-state index in [-0.39, 0.29) is 30.7 Å². The number of hydrogen-bond donors (Lipinski definition) is 1. The molecule has 7 nitrogen and oxygen atoms in total. The zero-order valence-electron chi connectivity index (χ0n) is 13.1. The molecule has 1 spiro atoms. The van der Waals surface area contributed by atoms with E-state index in [0.29, 0.717) is 13.0 Å². The average molecular weight is 306 g/mol. The van der Waals surface area contributed by atoms with E-state index in [1.165, 1.54) is 4.90 Å². The van der Waals surface area contributed by atoms with Gasteiger partial charge < -0.3 is 10.2 Å². The van der Waals surface area contributed by atoms with E-state index in [1.54, 1.807) is 7.05 Å². The summed E-state index contributed by atoms with van der Waals surface area (Å²) in [5.74, 6) is -0.542. The molecule has 1 aliphatic heterocycles. The highest BCUT2D eigenvalue weighted by molar-refractivity contribution is 6.09. The third-order valence-corrected chi connectivity index (χ3v) is 4.78. The second-order valence-corrected chi connectivity index (χ2v) is 6.16. The van der Waals surface area contributed by atoms with Crippen LogP contribution in [0.5, 0.6) is 0 Å². The largest absolute Gasteiger partial charge is 0.343 e. The molecule has 1 N–H and O–H groups in total. The molecule has 2 unspecified atom stereocenters. The maximum absolute atomic E-state index is 12.7. The molecule has 1 saturated heterocycles. The van der Waals surface area contributed by atoms with Crippen LogP contribution in [0.1, 0.15) is 39.0 Å². The first-order valence-electron chi connectivity index (χ1n) is 7.67. The number of nitrogens with zero attached hydrogens (tertiary/aromatic N) is 3. The molecular weight excluding hydrogens is 284 g/mol. The number of imide groups is 1. The van der Waals surface area contributed by atoms with Crippen LogP contribution in [-0.4, -0.2) is 53.3 Å². The Morgan fingerprint density at radius 3 is 2.86 bits per heavy atom. The SMILES string of the molecule is CC1CCCCC12NC(=O)N(CC(=O)N(C)CCC#N)C2=O. The van der Waals surface area contributed by atoms with E-state index in [0.717, 1.165) is 24.2 Å². The Bertz CT molecular complexity index is 527. The summed E-state index contributed by atoms with van der Waals surface area (Å²) in [7, 11) is 1.57. The summed E-state index contributed by atoms with van der Waals surface area (Å²) in [6, 6.07) is 1.48. The highest BCUT2D eigenvalue weighted by Crippen LogP contribution is 2.38. The van der Waals surface area contributed by atoms with Gasteiger partial charge in [-0.05, 0) is 18.8 Å². The molecule has 0 radical (unpaired) electrons. The lowest BCUT2D eigenvalue weighted by Crippen LogP contribution is -2.54. The molecular formula is C15H22N4O3. The first-order valence-corrected chi connectivity index (χ1v) is 7.67. The Morgan fingerprint density at radius 2 is 2.23 bits per heavy atom. The number of nitriles is 1. The molecule has 7 heteroatoms. The maximum Gasteiger partial charge on any atom is 0.325 e. The summed E-state index contributed by atoms with van der Waals surface area (Å²) >= 11 is 0. The van der Waals surface area contributed by atoms with Gasteiger partial charge in [-0.15, -0.1) is 0 Å². The molecule has 120 valence electrons. The van der Waals surface area contributed by atoms with Gasteiger partial charge in [0.15, 0.2) is 0 Å². The van der Waals surface area contributed by atoms with E-state index in [1.807, 2.05) is 13.0 Å². The quantitative estimate of drug-likeness (QED) is 0.779. The number of urea groups is 1. The van der Waals surface area contributed by atoms with Gasteiger partial charge in [0, 0.05) is 13.6 Å². The van der Waals surface area contributed by atoms with Crippen LogP contribution in [0.25, 0.3) is 0 Å². The van der Waals surface area contributed by atoms with Crippen LogP contribution >= 0.6 is 0 Å². The van der Waals surface area contributed by atoms with Crippen LogP contribution in [0.2, 0.25) is 0 Å². The smallest absolute Gasteiger partial charge is 0.325 e. The van der Waals surface area contributed by atoms with Crippen molar-refractivity contribution in [3.8, 4) is 6.07 Å². The summed E-state index contributed by atoms with van der Waals surface area (Å²) in [4.78, 5) is 39.3. The lowest BCUT2D eigenvalue weighted by Gasteiger charge is -2.36. The van der Waals surface area contributed by atoms with Gasteiger partial charge in [0.2, 0.25) is 5.91 Å². The Kier molecular flexibility index (Phi) is 4.69. The Labute approximate surface area is 130 Å². The van der Waals surface area contributed by atoms with Crippen LogP contribution < -0.4 is 5.32 Å². The van der Waals surface area contributed by atoms with Crippen molar-refractivity contribution >= 4 is 17.8 Å². The number of carbonyl (C=O) groups is 3. The molecule has 0 aromatic carbocycles. The van der Waals surface area contributed by atoms with Gasteiger partial charge in [0.05, 0.1) is 12.5 Å². The van der Waals surface area contributed by atoms with Crippen LogP contribution in [0, 0.1) is 17.2 Å². The highest BCUT2D eigenvalue weighted by Gasteiger charge is 2.55. The lowest BCUT2D eigenvalue weighted by molar-refractivity contribution is -0.140. The zero-order valence-corrected chi connectivity index (χ0v) is 13.1. The predicted octanol–water partition coefficient (Wildman–Crippen LogP) is 0.859. The van der Waals surface area contributed by atoms with Crippen molar-refractivity contribution in [1.29, 1.82) is 5.26 Å². The molecule has 2 rings (SSSR count). The van der Waals surface area contributed by atoms with Crippen molar-refractivity contribution in [3.63, 3.8) is 0 Å². The van der Waals surface area contributed by atoms with Crippen LogP contribution in [0.4, 0.5) is 4.79 Å². The summed E-state index contributed by atoms with van der Waals surface area (Å²) in [6.07, 6.45) is 3.72. The number of likely N-dealkylation sites (N-methyl/N-ethyl adjacent to an activating group) is 1. The predicted molar refractivity (Wildman–Crippen MR) is 78.5 cm³/mol. The Hall–Kier alpha value is -2.10. The third-order valence-electron chi connectivity index (χ3n) is 4.78. The van der Waals surface area contributed by atoms with Crippen molar-refractivity contribution in [2.24, 2.45) is 5.92 Å². The molecule has 1 aliphatic carbocycles. The average Bonchev–Trinajstić information content (AvgIpc) is 2.73. The fourth-order valence-electron chi connectivity index (χ4n) is 3.24. The molecule has 1 saturated carbocycles. The maximum atomic E-state index is 12.7. The summed E-state index contributed by atoms with van der Waals surface area (Å²) in [5.41, 5.74) is -0.833. The third kappa shape index (κ3) is 2.78. The molecule has 1 heterocycles. The van der Waals surface area contributed by atoms with Crippen molar-refractivity contribution in [2.75, 3.05) is 20.1 Å². The van der Waals surface area contributed by atoms with E-state index >= 15 is 0 Å². The van der Waals surface area contributed by atoms with Gasteiger partial charge >= 0.3 is 6.03 Å². The van der Waals surface area contributed by atoms with Crippen LogP contribution in [-0.2, 0) is 9.59 Å². The topological polar surface area (TPSA) is 93.5 Å². The minimum atomic E-state index is -0.833. The molecule has 2 atom stereocenters. The molecule has 0 aromatic heterocycles. The van der Waals surface area contributed by atoms with Gasteiger partial charge in [0.1, 0.15) is 12.1 Å². The minimum absolute atomic E-state index is 0.0779. The van der Waals surface area contributed by atoms with Crippen LogP contribution in [0.15, 0.2) is 0 Å². The number of amides is 4. The second-order valence-electron chi connectivity index (χ2n) is 6.16. The van der Waals surface area contributed by atoms with Gasteiger partial charge in [-0.2, -0.15) is 5.26 Å². The molecule has 2 fully saturated rings. The van der Waals surface area contributed by atoms with Crippen molar-refractivity contribution in [1.82, 2.24) is 15.1 Å². The second kappa shape index (κ2) is 6.34. The van der Waals surface area contributed by atoms with Gasteiger partial charge in [-0.25, -0.2) is 4.79 Å². The number of hydrogen-bond acceptors (Lipinski definition) is 4. The fraction of sp³-hybridized carbons (Fsp3) is 0.733. The summed E-state index contributed by atoms with van der Waals surface area (Å²) in [6.45, 7) is 2.00. The van der Waals surface area contributed by atoms with Crippen molar-refractivity contribution < 1.29 is 14.4 Å². The molecule has 2 aliphatic rings. The van der Waals surface area contributed by atoms with Crippen molar-refractivity contribution in [2.45, 2.75) is 44.6 Å². The Balaban J connectivity index is 2.06. The molecule has 4 amide bonds. The lowest BCUT2D eigenvalue weighted by atomic mass is 9.73. The first kappa shape index (κ1) is 16.3. The normalized spacial score (nSPS) is 27.7. The number of rotatable bonds is 4. The van der Waals surface area contributed by atoms with Crippen molar-refractivity contribution in [3.05, 3.63) is 0 Å². The number of carbonyl (C=O) groups excluding carboxylic acids is 3. The number of nitrogens with one attached hydrogen (secondary N) is 1. The van der Waals surface area contributed by atoms with Gasteiger partial charge in [-0.1, -0.05) is 19.8 Å².